The summed E-state index contributed by atoms with van der Waals surface area (Å²) in [6, 6.07) is 8.78. The van der Waals surface area contributed by atoms with Gasteiger partial charge in [0.25, 0.3) is 5.91 Å². The summed E-state index contributed by atoms with van der Waals surface area (Å²) < 4.78 is 39.9. The molecule has 0 aromatic heterocycles. The maximum Gasteiger partial charge on any atom is 0.387 e. The largest absolute Gasteiger partial charge is 0.486 e. The minimum absolute atomic E-state index is 0.0287. The first kappa shape index (κ1) is 18.3. The molecule has 26 heavy (non-hydrogen) atoms. The molecule has 1 aliphatic rings. The molecule has 2 aromatic rings. The fourth-order valence-electron chi connectivity index (χ4n) is 2.57. The number of nitrogens with one attached hydrogen (secondary N) is 1. The molecular weight excluding hydrogens is 368 g/mol. The third kappa shape index (κ3) is 4.16. The highest BCUT2D eigenvalue weighted by atomic mass is 35.5. The van der Waals surface area contributed by atoms with E-state index >= 15 is 0 Å². The zero-order valence-electron chi connectivity index (χ0n) is 13.8. The van der Waals surface area contributed by atoms with Crippen molar-refractivity contribution in [2.45, 2.75) is 19.6 Å². The average Bonchev–Trinajstić information content (AvgIpc) is 2.61. The number of fused-ring (bicyclic) bond motifs is 1. The number of hydrogen-bond donors (Lipinski definition) is 1. The Hall–Kier alpha value is -2.54. The molecule has 0 saturated carbocycles. The van der Waals surface area contributed by atoms with Crippen LogP contribution in [0.5, 0.6) is 17.2 Å². The van der Waals surface area contributed by atoms with E-state index in [-0.39, 0.29) is 16.7 Å². The maximum atomic E-state index is 12.5. The van der Waals surface area contributed by atoms with Crippen LogP contribution in [-0.2, 0) is 0 Å². The van der Waals surface area contributed by atoms with Gasteiger partial charge in [0.15, 0.2) is 11.5 Å². The van der Waals surface area contributed by atoms with Crippen LogP contribution in [0.3, 0.4) is 0 Å². The zero-order valence-corrected chi connectivity index (χ0v) is 14.6. The summed E-state index contributed by atoms with van der Waals surface area (Å²) in [7, 11) is 0. The fraction of sp³-hybridized carbons (Fsp3) is 0.278. The molecule has 3 rings (SSSR count). The van der Waals surface area contributed by atoms with Crippen molar-refractivity contribution < 1.29 is 27.8 Å². The standard InChI is InChI=1S/C18H16ClF2NO4/c1-10(11-3-2-4-13(7-11)26-18(20)21)22-17(23)12-8-14(19)16-15(9-12)24-5-6-25-16/h2-4,7-10,18H,5-6H2,1H3,(H,22,23). The second kappa shape index (κ2) is 7.78. The van der Waals surface area contributed by atoms with Gasteiger partial charge in [0.05, 0.1) is 11.1 Å². The number of benzene rings is 2. The second-order valence-electron chi connectivity index (χ2n) is 5.63. The molecule has 0 fully saturated rings. The van der Waals surface area contributed by atoms with E-state index in [1.807, 2.05) is 0 Å². The summed E-state index contributed by atoms with van der Waals surface area (Å²) >= 11 is 6.14. The van der Waals surface area contributed by atoms with E-state index in [4.69, 9.17) is 21.1 Å². The quantitative estimate of drug-likeness (QED) is 0.840. The third-order valence-corrected chi connectivity index (χ3v) is 4.07. The lowest BCUT2D eigenvalue weighted by Gasteiger charge is -2.21. The predicted molar refractivity (Wildman–Crippen MR) is 91.4 cm³/mol. The molecule has 5 nitrogen and oxygen atoms in total. The van der Waals surface area contributed by atoms with Crippen molar-refractivity contribution in [3.05, 3.63) is 52.5 Å². The minimum Gasteiger partial charge on any atom is -0.486 e. The van der Waals surface area contributed by atoms with Crippen molar-refractivity contribution in [1.29, 1.82) is 0 Å². The molecule has 1 heterocycles. The van der Waals surface area contributed by atoms with E-state index in [1.165, 1.54) is 18.2 Å². The van der Waals surface area contributed by atoms with E-state index in [1.54, 1.807) is 25.1 Å². The Morgan fingerprint density at radius 1 is 1.23 bits per heavy atom. The van der Waals surface area contributed by atoms with Gasteiger partial charge in [-0.25, -0.2) is 0 Å². The lowest BCUT2D eigenvalue weighted by atomic mass is 10.1. The Morgan fingerprint density at radius 3 is 2.77 bits per heavy atom. The molecule has 1 atom stereocenters. The number of ether oxygens (including phenoxy) is 3. The maximum absolute atomic E-state index is 12.5. The van der Waals surface area contributed by atoms with Crippen LogP contribution in [0.25, 0.3) is 0 Å². The lowest BCUT2D eigenvalue weighted by Crippen LogP contribution is -2.27. The summed E-state index contributed by atoms with van der Waals surface area (Å²) in [6.07, 6.45) is 0. The minimum atomic E-state index is -2.91. The van der Waals surface area contributed by atoms with Crippen LogP contribution in [0.15, 0.2) is 36.4 Å². The molecule has 1 aliphatic heterocycles. The van der Waals surface area contributed by atoms with E-state index in [0.717, 1.165) is 0 Å². The topological polar surface area (TPSA) is 56.8 Å². The van der Waals surface area contributed by atoms with Crippen LogP contribution in [0.1, 0.15) is 28.9 Å². The van der Waals surface area contributed by atoms with Crippen molar-refractivity contribution in [3.63, 3.8) is 0 Å². The molecule has 1 unspecified atom stereocenters. The van der Waals surface area contributed by atoms with Gasteiger partial charge in [0.2, 0.25) is 0 Å². The van der Waals surface area contributed by atoms with Gasteiger partial charge < -0.3 is 19.5 Å². The van der Waals surface area contributed by atoms with Crippen molar-refractivity contribution in [3.8, 4) is 17.2 Å². The molecular formula is C18H16ClF2NO4. The SMILES string of the molecule is CC(NC(=O)c1cc(Cl)c2c(c1)OCCO2)c1cccc(OC(F)F)c1. The van der Waals surface area contributed by atoms with Gasteiger partial charge in [-0.2, -0.15) is 8.78 Å². The van der Waals surface area contributed by atoms with Crippen LogP contribution in [0, 0.1) is 0 Å². The summed E-state index contributed by atoms with van der Waals surface area (Å²) in [5.74, 6) is 0.478. The van der Waals surface area contributed by atoms with Crippen LogP contribution in [0.4, 0.5) is 8.78 Å². The molecule has 0 radical (unpaired) electrons. The number of carbonyl (C=O) groups is 1. The number of halogens is 3. The third-order valence-electron chi connectivity index (χ3n) is 3.79. The highest BCUT2D eigenvalue weighted by Crippen LogP contribution is 2.38. The van der Waals surface area contributed by atoms with Gasteiger partial charge in [-0.1, -0.05) is 23.7 Å². The predicted octanol–water partition coefficient (Wildman–Crippen LogP) is 4.20. The van der Waals surface area contributed by atoms with Gasteiger partial charge in [-0.05, 0) is 36.8 Å². The van der Waals surface area contributed by atoms with Gasteiger partial charge in [0.1, 0.15) is 19.0 Å². The van der Waals surface area contributed by atoms with Crippen molar-refractivity contribution in [2.24, 2.45) is 0 Å². The first-order chi connectivity index (χ1) is 12.4. The molecule has 0 bridgehead atoms. The Kier molecular flexibility index (Phi) is 5.46. The molecule has 0 aliphatic carbocycles. The van der Waals surface area contributed by atoms with E-state index in [0.29, 0.717) is 35.8 Å². The van der Waals surface area contributed by atoms with E-state index in [9.17, 15) is 13.6 Å². The smallest absolute Gasteiger partial charge is 0.387 e. The molecule has 138 valence electrons. The second-order valence-corrected chi connectivity index (χ2v) is 6.04. The molecule has 0 spiro atoms. The lowest BCUT2D eigenvalue weighted by molar-refractivity contribution is -0.0499. The molecule has 2 aromatic carbocycles. The van der Waals surface area contributed by atoms with Crippen LogP contribution in [0.2, 0.25) is 5.02 Å². The fourth-order valence-corrected chi connectivity index (χ4v) is 2.83. The number of rotatable bonds is 5. The normalized spacial score (nSPS) is 14.0. The Labute approximate surface area is 153 Å². The monoisotopic (exact) mass is 383 g/mol. The average molecular weight is 384 g/mol. The molecule has 8 heteroatoms. The number of hydrogen-bond acceptors (Lipinski definition) is 4. The van der Waals surface area contributed by atoms with Crippen LogP contribution < -0.4 is 19.5 Å². The Bertz CT molecular complexity index is 816. The van der Waals surface area contributed by atoms with Gasteiger partial charge >= 0.3 is 6.61 Å². The number of amides is 1. The van der Waals surface area contributed by atoms with Crippen LogP contribution in [-0.4, -0.2) is 25.7 Å². The molecule has 1 N–H and O–H groups in total. The van der Waals surface area contributed by atoms with Crippen LogP contribution >= 0.6 is 11.6 Å². The highest BCUT2D eigenvalue weighted by molar-refractivity contribution is 6.32. The Balaban J connectivity index is 1.74. The van der Waals surface area contributed by atoms with Crippen molar-refractivity contribution in [1.82, 2.24) is 5.32 Å². The number of carbonyl (C=O) groups excluding carboxylic acids is 1. The van der Waals surface area contributed by atoms with E-state index < -0.39 is 12.7 Å². The summed E-state index contributed by atoms with van der Waals surface area (Å²) in [6.45, 7) is -0.400. The first-order valence-corrected chi connectivity index (χ1v) is 8.26. The van der Waals surface area contributed by atoms with Crippen molar-refractivity contribution >= 4 is 17.5 Å². The zero-order chi connectivity index (χ0) is 18.7. The first-order valence-electron chi connectivity index (χ1n) is 7.89. The summed E-state index contributed by atoms with van der Waals surface area (Å²) in [5, 5.41) is 3.07. The summed E-state index contributed by atoms with van der Waals surface area (Å²) in [4.78, 5) is 12.5. The van der Waals surface area contributed by atoms with Gasteiger partial charge in [-0.3, -0.25) is 4.79 Å². The molecule has 1 amide bonds. The van der Waals surface area contributed by atoms with Crippen molar-refractivity contribution in [2.75, 3.05) is 13.2 Å². The number of alkyl halides is 2. The van der Waals surface area contributed by atoms with Gasteiger partial charge in [0, 0.05) is 5.56 Å². The Morgan fingerprint density at radius 2 is 2.00 bits per heavy atom. The molecule has 0 saturated heterocycles. The van der Waals surface area contributed by atoms with Gasteiger partial charge in [-0.15, -0.1) is 0 Å². The highest BCUT2D eigenvalue weighted by Gasteiger charge is 2.20. The summed E-state index contributed by atoms with van der Waals surface area (Å²) in [5.41, 5.74) is 0.936. The van der Waals surface area contributed by atoms with E-state index in [2.05, 4.69) is 10.1 Å².